The summed E-state index contributed by atoms with van der Waals surface area (Å²) in [4.78, 5) is 0. The zero-order valence-corrected chi connectivity index (χ0v) is 17.3. The molecule has 0 spiro atoms. The van der Waals surface area contributed by atoms with Crippen molar-refractivity contribution in [1.29, 1.82) is 0 Å². The number of benzene rings is 1. The predicted molar refractivity (Wildman–Crippen MR) is 107 cm³/mol. The average molecular weight is 361 g/mol. The molecule has 4 atom stereocenters. The first-order valence-electron chi connectivity index (χ1n) is 9.74. The third-order valence-corrected chi connectivity index (χ3v) is 5.28. The fourth-order valence-electron chi connectivity index (χ4n) is 4.04. The molecule has 0 bridgehead atoms. The minimum atomic E-state index is -0.589. The normalized spacial score (nSPS) is 27.1. The largest absolute Gasteiger partial charge is 0.376 e. The van der Waals surface area contributed by atoms with Gasteiger partial charge in [-0.3, -0.25) is 0 Å². The Labute approximate surface area is 159 Å². The monoisotopic (exact) mass is 360 g/mol. The number of rotatable bonds is 8. The zero-order chi connectivity index (χ0) is 19.4. The van der Waals surface area contributed by atoms with E-state index in [1.165, 1.54) is 5.56 Å². The lowest BCUT2D eigenvalue weighted by Crippen LogP contribution is -2.57. The maximum Gasteiger partial charge on any atom is 0.163 e. The highest BCUT2D eigenvalue weighted by atomic mass is 16.7. The van der Waals surface area contributed by atoms with Crippen molar-refractivity contribution in [3.05, 3.63) is 48.6 Å². The molecule has 0 unspecified atom stereocenters. The number of ether oxygens (including phenoxy) is 3. The Bertz CT molecular complexity index is 564. The molecule has 0 aliphatic carbocycles. The molecule has 1 saturated heterocycles. The molecule has 2 rings (SSSR count). The average Bonchev–Trinajstić information content (AvgIpc) is 2.57. The molecule has 146 valence electrons. The van der Waals surface area contributed by atoms with E-state index in [0.29, 0.717) is 19.1 Å². The highest BCUT2D eigenvalue weighted by Gasteiger charge is 2.48. The van der Waals surface area contributed by atoms with E-state index in [4.69, 9.17) is 14.2 Å². The Hall–Kier alpha value is -1.16. The topological polar surface area (TPSA) is 27.7 Å². The van der Waals surface area contributed by atoms with Crippen molar-refractivity contribution in [2.24, 2.45) is 17.3 Å². The van der Waals surface area contributed by atoms with E-state index in [1.807, 2.05) is 38.1 Å². The van der Waals surface area contributed by atoms with Gasteiger partial charge in [-0.05, 0) is 31.7 Å². The van der Waals surface area contributed by atoms with Crippen molar-refractivity contribution in [1.82, 2.24) is 0 Å². The molecular formula is C23H36O3. The second-order valence-electron chi connectivity index (χ2n) is 8.85. The summed E-state index contributed by atoms with van der Waals surface area (Å²) in [5.41, 5.74) is 1.09. The molecule has 3 nitrogen and oxygen atoms in total. The van der Waals surface area contributed by atoms with Gasteiger partial charge in [-0.2, -0.15) is 0 Å². The van der Waals surface area contributed by atoms with Crippen LogP contribution in [0.25, 0.3) is 0 Å². The van der Waals surface area contributed by atoms with Crippen LogP contribution in [0.3, 0.4) is 0 Å². The molecular weight excluding hydrogens is 324 g/mol. The lowest BCUT2D eigenvalue weighted by atomic mass is 9.74. The fourth-order valence-corrected chi connectivity index (χ4v) is 4.04. The lowest BCUT2D eigenvalue weighted by molar-refractivity contribution is -0.345. The molecule has 3 heteroatoms. The van der Waals surface area contributed by atoms with Crippen LogP contribution in [0.5, 0.6) is 0 Å². The van der Waals surface area contributed by atoms with Crippen LogP contribution in [0, 0.1) is 17.3 Å². The van der Waals surface area contributed by atoms with Crippen LogP contribution in [0.2, 0.25) is 0 Å². The van der Waals surface area contributed by atoms with E-state index in [0.717, 1.165) is 6.42 Å². The maximum absolute atomic E-state index is 6.38. The van der Waals surface area contributed by atoms with Crippen LogP contribution >= 0.6 is 0 Å². The first kappa shape index (κ1) is 21.1. The molecule has 0 aromatic heterocycles. The van der Waals surface area contributed by atoms with Crippen LogP contribution < -0.4 is 0 Å². The molecule has 1 aromatic rings. The van der Waals surface area contributed by atoms with Crippen LogP contribution in [0.1, 0.15) is 53.5 Å². The Morgan fingerprint density at radius 3 is 2.50 bits per heavy atom. The van der Waals surface area contributed by atoms with E-state index in [-0.39, 0.29) is 23.5 Å². The summed E-state index contributed by atoms with van der Waals surface area (Å²) in [5, 5.41) is 0. The third kappa shape index (κ3) is 5.42. The van der Waals surface area contributed by atoms with E-state index < -0.39 is 5.79 Å². The molecule has 0 radical (unpaired) electrons. The van der Waals surface area contributed by atoms with Gasteiger partial charge in [-0.15, -0.1) is 6.58 Å². The van der Waals surface area contributed by atoms with E-state index in [2.05, 4.69) is 46.4 Å². The van der Waals surface area contributed by atoms with Gasteiger partial charge in [0, 0.05) is 11.3 Å². The van der Waals surface area contributed by atoms with Gasteiger partial charge in [0.25, 0.3) is 0 Å². The van der Waals surface area contributed by atoms with Gasteiger partial charge in [0.1, 0.15) is 0 Å². The van der Waals surface area contributed by atoms with Crippen molar-refractivity contribution in [2.75, 3.05) is 6.61 Å². The highest BCUT2D eigenvalue weighted by molar-refractivity contribution is 5.13. The molecule has 0 N–H and O–H groups in total. The van der Waals surface area contributed by atoms with Gasteiger partial charge >= 0.3 is 0 Å². The smallest absolute Gasteiger partial charge is 0.163 e. The van der Waals surface area contributed by atoms with Gasteiger partial charge in [-0.1, -0.05) is 64.1 Å². The predicted octanol–water partition coefficient (Wildman–Crippen LogP) is 5.60. The summed E-state index contributed by atoms with van der Waals surface area (Å²) in [7, 11) is 0. The summed E-state index contributed by atoms with van der Waals surface area (Å²) >= 11 is 0. The van der Waals surface area contributed by atoms with Gasteiger partial charge in [-0.25, -0.2) is 0 Å². The summed E-state index contributed by atoms with van der Waals surface area (Å²) < 4.78 is 18.7. The zero-order valence-electron chi connectivity index (χ0n) is 17.3. The highest BCUT2D eigenvalue weighted by Crippen LogP contribution is 2.42. The minimum Gasteiger partial charge on any atom is -0.376 e. The second-order valence-corrected chi connectivity index (χ2v) is 8.85. The minimum absolute atomic E-state index is 0.0688. The van der Waals surface area contributed by atoms with Gasteiger partial charge in [0.05, 0.1) is 25.4 Å². The molecule has 1 heterocycles. The van der Waals surface area contributed by atoms with E-state index >= 15 is 0 Å². The molecule has 0 amide bonds. The standard InChI is InChI=1S/C23H36O3/c1-8-12-17(2)20-18(3)21(26-23(6,7)25-20)22(4,5)16-24-15-19-13-10-9-11-14-19/h8-11,13-14,17-18,20-21H,1,12,15-16H2,2-7H3/t17-,18+,20-,21+/m1/s1. The van der Waals surface area contributed by atoms with Crippen LogP contribution in [-0.2, 0) is 20.8 Å². The van der Waals surface area contributed by atoms with Crippen molar-refractivity contribution < 1.29 is 14.2 Å². The van der Waals surface area contributed by atoms with E-state index in [1.54, 1.807) is 0 Å². The quantitative estimate of drug-likeness (QED) is 0.565. The summed E-state index contributed by atoms with van der Waals surface area (Å²) in [6.45, 7) is 18.1. The maximum atomic E-state index is 6.38. The van der Waals surface area contributed by atoms with Crippen LogP contribution in [-0.4, -0.2) is 24.6 Å². The fraction of sp³-hybridized carbons (Fsp3) is 0.652. The Morgan fingerprint density at radius 1 is 1.23 bits per heavy atom. The molecule has 1 aromatic carbocycles. The van der Waals surface area contributed by atoms with Gasteiger partial charge in [0.2, 0.25) is 0 Å². The number of hydrogen-bond donors (Lipinski definition) is 0. The first-order valence-corrected chi connectivity index (χ1v) is 9.74. The van der Waals surface area contributed by atoms with Crippen molar-refractivity contribution >= 4 is 0 Å². The first-order chi connectivity index (χ1) is 12.2. The Balaban J connectivity index is 2.05. The molecule has 1 fully saturated rings. The van der Waals surface area contributed by atoms with Gasteiger partial charge < -0.3 is 14.2 Å². The second kappa shape index (κ2) is 8.69. The number of hydrogen-bond acceptors (Lipinski definition) is 3. The van der Waals surface area contributed by atoms with Crippen LogP contribution in [0.4, 0.5) is 0 Å². The molecule has 26 heavy (non-hydrogen) atoms. The van der Waals surface area contributed by atoms with Crippen molar-refractivity contribution in [2.45, 2.75) is 72.6 Å². The SMILES string of the molecule is C=CC[C@@H](C)[C@H]1OC(C)(C)O[C@H](C(C)(C)COCc2ccccc2)[C@H]1C. The lowest BCUT2D eigenvalue weighted by Gasteiger charge is -2.51. The third-order valence-electron chi connectivity index (χ3n) is 5.28. The van der Waals surface area contributed by atoms with Crippen molar-refractivity contribution in [3.63, 3.8) is 0 Å². The summed E-state index contributed by atoms with van der Waals surface area (Å²) in [6, 6.07) is 10.3. The molecule has 1 aliphatic rings. The Morgan fingerprint density at radius 2 is 1.88 bits per heavy atom. The van der Waals surface area contributed by atoms with E-state index in [9.17, 15) is 0 Å². The molecule has 0 saturated carbocycles. The van der Waals surface area contributed by atoms with Crippen LogP contribution in [0.15, 0.2) is 43.0 Å². The Kier molecular flexibility index (Phi) is 7.06. The number of allylic oxidation sites excluding steroid dienone is 1. The molecule has 1 aliphatic heterocycles. The van der Waals surface area contributed by atoms with Gasteiger partial charge in [0.15, 0.2) is 5.79 Å². The summed E-state index contributed by atoms with van der Waals surface area (Å²) in [5.74, 6) is 0.107. The summed E-state index contributed by atoms with van der Waals surface area (Å²) in [6.07, 6.45) is 3.14. The van der Waals surface area contributed by atoms with Crippen molar-refractivity contribution in [3.8, 4) is 0 Å².